The van der Waals surface area contributed by atoms with Crippen molar-refractivity contribution in [2.45, 2.75) is 6.42 Å². The van der Waals surface area contributed by atoms with Crippen molar-refractivity contribution in [2.75, 3.05) is 63.2 Å². The Labute approximate surface area is 170 Å². The molecule has 0 bridgehead atoms. The smallest absolute Gasteiger partial charge is 0.261 e. The summed E-state index contributed by atoms with van der Waals surface area (Å²) in [5, 5.41) is 0. The molecule has 0 N–H and O–H groups in total. The Morgan fingerprint density at radius 2 is 1.59 bits per heavy atom. The van der Waals surface area contributed by atoms with Crippen LogP contribution >= 0.6 is 0 Å². The SMILES string of the molecule is CN(C)c1nccc(N2CCN(CCCN3C(=O)c4ccccc4C3=O)CC2)n1. The van der Waals surface area contributed by atoms with E-state index in [1.807, 2.05) is 25.1 Å². The van der Waals surface area contributed by atoms with Crippen LogP contribution in [0.5, 0.6) is 0 Å². The highest BCUT2D eigenvalue weighted by Crippen LogP contribution is 2.22. The average molecular weight is 394 g/mol. The van der Waals surface area contributed by atoms with Gasteiger partial charge in [-0.25, -0.2) is 4.98 Å². The third kappa shape index (κ3) is 3.93. The number of carbonyl (C=O) groups excluding carboxylic acids is 2. The van der Waals surface area contributed by atoms with Gasteiger partial charge >= 0.3 is 0 Å². The first-order valence-electron chi connectivity index (χ1n) is 9.97. The normalized spacial score (nSPS) is 17.0. The molecular formula is C21H26N6O2. The molecule has 1 aromatic heterocycles. The average Bonchev–Trinajstić information content (AvgIpc) is 2.99. The molecule has 4 rings (SSSR count). The van der Waals surface area contributed by atoms with E-state index >= 15 is 0 Å². The van der Waals surface area contributed by atoms with Crippen LogP contribution in [0.1, 0.15) is 27.1 Å². The lowest BCUT2D eigenvalue weighted by Gasteiger charge is -2.35. The van der Waals surface area contributed by atoms with E-state index in [-0.39, 0.29) is 11.8 Å². The van der Waals surface area contributed by atoms with Gasteiger partial charge in [0.05, 0.1) is 11.1 Å². The zero-order chi connectivity index (χ0) is 20.4. The topological polar surface area (TPSA) is 72.9 Å². The second kappa shape index (κ2) is 8.16. The number of carbonyl (C=O) groups is 2. The molecule has 8 heteroatoms. The zero-order valence-corrected chi connectivity index (χ0v) is 16.9. The fourth-order valence-electron chi connectivity index (χ4n) is 3.83. The number of anilines is 2. The van der Waals surface area contributed by atoms with Gasteiger partial charge in [0.25, 0.3) is 11.8 Å². The molecular weight excluding hydrogens is 368 g/mol. The van der Waals surface area contributed by atoms with Gasteiger partial charge in [-0.15, -0.1) is 0 Å². The van der Waals surface area contributed by atoms with Crippen LogP contribution in [0.15, 0.2) is 36.5 Å². The van der Waals surface area contributed by atoms with Crippen molar-refractivity contribution in [2.24, 2.45) is 0 Å². The quantitative estimate of drug-likeness (QED) is 0.685. The standard InChI is InChI=1S/C21H26N6O2/c1-24(2)21-22-9-8-18(23-21)26-14-12-25(13-15-26)10-5-11-27-19(28)16-6-3-4-7-17(16)20(27)29/h3-4,6-9H,5,10-15H2,1-2H3. The Hall–Kier alpha value is -3.00. The van der Waals surface area contributed by atoms with Crippen LogP contribution in [0.4, 0.5) is 11.8 Å². The second-order valence-corrected chi connectivity index (χ2v) is 7.60. The molecule has 2 aliphatic heterocycles. The van der Waals surface area contributed by atoms with E-state index in [0.717, 1.165) is 45.0 Å². The summed E-state index contributed by atoms with van der Waals surface area (Å²) in [5.41, 5.74) is 1.04. The molecule has 1 saturated heterocycles. The highest BCUT2D eigenvalue weighted by Gasteiger charge is 2.34. The number of hydrogen-bond acceptors (Lipinski definition) is 7. The Morgan fingerprint density at radius 3 is 2.21 bits per heavy atom. The molecule has 0 atom stereocenters. The summed E-state index contributed by atoms with van der Waals surface area (Å²) in [6, 6.07) is 9.00. The number of piperazine rings is 1. The highest BCUT2D eigenvalue weighted by molar-refractivity contribution is 6.21. The Balaban J connectivity index is 1.26. The fraction of sp³-hybridized carbons (Fsp3) is 0.429. The summed E-state index contributed by atoms with van der Waals surface area (Å²) in [4.78, 5) is 41.7. The van der Waals surface area contributed by atoms with Crippen LogP contribution in [0.25, 0.3) is 0 Å². The first-order chi connectivity index (χ1) is 14.0. The molecule has 0 saturated carbocycles. The molecule has 0 aliphatic carbocycles. The van der Waals surface area contributed by atoms with E-state index in [9.17, 15) is 9.59 Å². The third-order valence-corrected chi connectivity index (χ3v) is 5.46. The predicted octanol–water partition coefficient (Wildman–Crippen LogP) is 1.35. The maximum atomic E-state index is 12.4. The van der Waals surface area contributed by atoms with Gasteiger partial charge in [-0.3, -0.25) is 19.4 Å². The predicted molar refractivity (Wildman–Crippen MR) is 111 cm³/mol. The minimum absolute atomic E-state index is 0.170. The highest BCUT2D eigenvalue weighted by atomic mass is 16.2. The number of rotatable bonds is 6. The molecule has 0 unspecified atom stereocenters. The van der Waals surface area contributed by atoms with Crippen molar-refractivity contribution in [1.82, 2.24) is 19.8 Å². The third-order valence-electron chi connectivity index (χ3n) is 5.46. The summed E-state index contributed by atoms with van der Waals surface area (Å²) in [6.45, 7) is 5.00. The van der Waals surface area contributed by atoms with Gasteiger partial charge < -0.3 is 9.80 Å². The maximum absolute atomic E-state index is 12.4. The Kier molecular flexibility index (Phi) is 5.44. The summed E-state index contributed by atoms with van der Waals surface area (Å²) in [6.07, 6.45) is 2.58. The van der Waals surface area contributed by atoms with Crippen LogP contribution in [-0.2, 0) is 0 Å². The number of hydrogen-bond donors (Lipinski definition) is 0. The molecule has 8 nitrogen and oxygen atoms in total. The first-order valence-corrected chi connectivity index (χ1v) is 9.97. The number of amides is 2. The van der Waals surface area contributed by atoms with E-state index in [1.54, 1.807) is 30.5 Å². The van der Waals surface area contributed by atoms with Crippen LogP contribution in [-0.4, -0.2) is 84.9 Å². The van der Waals surface area contributed by atoms with E-state index in [4.69, 9.17) is 0 Å². The van der Waals surface area contributed by atoms with Crippen molar-refractivity contribution < 1.29 is 9.59 Å². The van der Waals surface area contributed by atoms with Gasteiger partial charge in [0.1, 0.15) is 5.82 Å². The largest absolute Gasteiger partial charge is 0.354 e. The minimum Gasteiger partial charge on any atom is -0.354 e. The number of imide groups is 1. The van der Waals surface area contributed by atoms with Gasteiger partial charge in [-0.1, -0.05) is 12.1 Å². The number of nitrogens with zero attached hydrogens (tertiary/aromatic N) is 6. The summed E-state index contributed by atoms with van der Waals surface area (Å²) in [7, 11) is 3.87. The lowest BCUT2D eigenvalue weighted by atomic mass is 10.1. The van der Waals surface area contributed by atoms with Gasteiger partial charge in [0.2, 0.25) is 5.95 Å². The Bertz CT molecular complexity index is 873. The van der Waals surface area contributed by atoms with Gasteiger partial charge in [-0.05, 0) is 31.2 Å². The summed E-state index contributed by atoms with van der Waals surface area (Å²) >= 11 is 0. The molecule has 29 heavy (non-hydrogen) atoms. The van der Waals surface area contributed by atoms with E-state index in [0.29, 0.717) is 23.6 Å². The molecule has 1 aromatic carbocycles. The summed E-state index contributed by atoms with van der Waals surface area (Å²) in [5.74, 6) is 1.33. The van der Waals surface area contributed by atoms with Crippen molar-refractivity contribution in [1.29, 1.82) is 0 Å². The maximum Gasteiger partial charge on any atom is 0.261 e. The van der Waals surface area contributed by atoms with Crippen molar-refractivity contribution in [3.63, 3.8) is 0 Å². The fourth-order valence-corrected chi connectivity index (χ4v) is 3.83. The number of fused-ring (bicyclic) bond motifs is 1. The van der Waals surface area contributed by atoms with Crippen LogP contribution in [0.2, 0.25) is 0 Å². The van der Waals surface area contributed by atoms with Gasteiger partial charge in [-0.2, -0.15) is 4.98 Å². The number of benzene rings is 1. The molecule has 1 fully saturated rings. The van der Waals surface area contributed by atoms with E-state index in [2.05, 4.69) is 19.8 Å². The lowest BCUT2D eigenvalue weighted by molar-refractivity contribution is 0.0647. The number of aromatic nitrogens is 2. The van der Waals surface area contributed by atoms with Crippen LogP contribution < -0.4 is 9.80 Å². The van der Waals surface area contributed by atoms with Crippen molar-refractivity contribution in [3.05, 3.63) is 47.7 Å². The first kappa shape index (κ1) is 19.3. The second-order valence-electron chi connectivity index (χ2n) is 7.60. The van der Waals surface area contributed by atoms with Gasteiger partial charge in [0.15, 0.2) is 0 Å². The molecule has 0 radical (unpaired) electrons. The Morgan fingerprint density at radius 1 is 0.931 bits per heavy atom. The molecule has 2 amide bonds. The van der Waals surface area contributed by atoms with E-state index in [1.165, 1.54) is 4.90 Å². The molecule has 152 valence electrons. The van der Waals surface area contributed by atoms with Crippen LogP contribution in [0.3, 0.4) is 0 Å². The molecule has 2 aromatic rings. The van der Waals surface area contributed by atoms with Crippen LogP contribution in [0, 0.1) is 0 Å². The molecule has 0 spiro atoms. The summed E-state index contributed by atoms with van der Waals surface area (Å²) < 4.78 is 0. The van der Waals surface area contributed by atoms with E-state index < -0.39 is 0 Å². The molecule has 2 aliphatic rings. The van der Waals surface area contributed by atoms with Crippen molar-refractivity contribution in [3.8, 4) is 0 Å². The van der Waals surface area contributed by atoms with Crippen molar-refractivity contribution >= 4 is 23.6 Å². The minimum atomic E-state index is -0.170. The molecule has 3 heterocycles. The monoisotopic (exact) mass is 394 g/mol. The van der Waals surface area contributed by atoms with Gasteiger partial charge in [0, 0.05) is 53.0 Å². The lowest BCUT2D eigenvalue weighted by Crippen LogP contribution is -2.47. The zero-order valence-electron chi connectivity index (χ0n) is 16.9.